The van der Waals surface area contributed by atoms with Crippen molar-refractivity contribution in [2.45, 2.75) is 37.8 Å². The first kappa shape index (κ1) is 13.3. The summed E-state index contributed by atoms with van der Waals surface area (Å²) in [5.41, 5.74) is 7.38. The molecular formula is C16H24N3O2+. The molecule has 1 aromatic rings. The lowest BCUT2D eigenvalue weighted by Crippen LogP contribution is -3.18. The SMILES string of the molecule is Nc1ccc2n(c1=O)C[C@H]1C[C@@H]2C[NH+](C2CCOCC2)C1. The number of hydrogen-bond donors (Lipinski definition) is 2. The van der Waals surface area contributed by atoms with Gasteiger partial charge in [-0.25, -0.2) is 0 Å². The van der Waals surface area contributed by atoms with Crippen molar-refractivity contribution in [3.8, 4) is 0 Å². The van der Waals surface area contributed by atoms with E-state index in [4.69, 9.17) is 10.5 Å². The van der Waals surface area contributed by atoms with E-state index in [0.29, 0.717) is 17.5 Å². The number of piperidine rings is 1. The zero-order chi connectivity index (χ0) is 14.4. The number of hydrogen-bond acceptors (Lipinski definition) is 3. The number of fused-ring (bicyclic) bond motifs is 4. The standard InChI is InChI=1S/C16H23N3O2/c17-14-1-2-15-12-7-11(9-19(15)16(14)20)8-18(10-12)13-3-5-21-6-4-13/h1-2,11-13H,3-10,17H2/p+1/t11-,12+/m0/s1. The molecule has 2 bridgehead atoms. The fraction of sp³-hybridized carbons (Fsp3) is 0.688. The molecule has 3 aliphatic rings. The van der Waals surface area contributed by atoms with Gasteiger partial charge >= 0.3 is 0 Å². The molecule has 0 aliphatic carbocycles. The number of pyridine rings is 1. The lowest BCUT2D eigenvalue weighted by molar-refractivity contribution is -0.937. The molecule has 0 amide bonds. The third-order valence-corrected chi connectivity index (χ3v) is 5.57. The van der Waals surface area contributed by atoms with E-state index in [1.807, 2.05) is 4.57 Å². The molecule has 4 heterocycles. The molecular weight excluding hydrogens is 266 g/mol. The van der Waals surface area contributed by atoms with Crippen LogP contribution in [0.2, 0.25) is 0 Å². The molecule has 0 radical (unpaired) electrons. The number of nitrogens with zero attached hydrogens (tertiary/aromatic N) is 1. The molecule has 4 rings (SSSR count). The van der Waals surface area contributed by atoms with Crippen molar-refractivity contribution in [3.63, 3.8) is 0 Å². The van der Waals surface area contributed by atoms with Crippen LogP contribution < -0.4 is 16.2 Å². The van der Waals surface area contributed by atoms with Crippen LogP contribution in [0.5, 0.6) is 0 Å². The number of likely N-dealkylation sites (tertiary alicyclic amines) is 1. The van der Waals surface area contributed by atoms with E-state index in [9.17, 15) is 4.79 Å². The van der Waals surface area contributed by atoms with Crippen molar-refractivity contribution in [1.29, 1.82) is 0 Å². The van der Waals surface area contributed by atoms with E-state index in [2.05, 4.69) is 6.07 Å². The minimum atomic E-state index is 0.0108. The van der Waals surface area contributed by atoms with Gasteiger partial charge in [-0.15, -0.1) is 0 Å². The fourth-order valence-electron chi connectivity index (χ4n) is 4.56. The van der Waals surface area contributed by atoms with E-state index in [1.165, 1.54) is 31.5 Å². The van der Waals surface area contributed by atoms with Gasteiger partial charge < -0.3 is 19.9 Å². The van der Waals surface area contributed by atoms with Crippen LogP contribution in [0.3, 0.4) is 0 Å². The zero-order valence-corrected chi connectivity index (χ0v) is 12.4. The number of anilines is 1. The van der Waals surface area contributed by atoms with Gasteiger partial charge in [0.2, 0.25) is 0 Å². The Hall–Kier alpha value is -1.33. The second-order valence-electron chi connectivity index (χ2n) is 6.88. The average molecular weight is 290 g/mol. The molecule has 0 aromatic carbocycles. The fourth-order valence-corrected chi connectivity index (χ4v) is 4.56. The predicted molar refractivity (Wildman–Crippen MR) is 80.5 cm³/mol. The summed E-state index contributed by atoms with van der Waals surface area (Å²) in [7, 11) is 0. The van der Waals surface area contributed by atoms with Gasteiger partial charge in [-0.05, 0) is 18.6 Å². The summed E-state index contributed by atoms with van der Waals surface area (Å²) in [6.07, 6.45) is 3.60. The van der Waals surface area contributed by atoms with Gasteiger partial charge in [0.25, 0.3) is 5.56 Å². The highest BCUT2D eigenvalue weighted by Crippen LogP contribution is 2.31. The number of aromatic nitrogens is 1. The summed E-state index contributed by atoms with van der Waals surface area (Å²) in [5, 5.41) is 0. The van der Waals surface area contributed by atoms with Gasteiger partial charge in [0.05, 0.1) is 38.0 Å². The molecule has 1 unspecified atom stereocenters. The molecule has 2 fully saturated rings. The Balaban J connectivity index is 1.61. The molecule has 3 N–H and O–H groups in total. The molecule has 3 aliphatic heterocycles. The lowest BCUT2D eigenvalue weighted by atomic mass is 9.82. The van der Waals surface area contributed by atoms with E-state index in [-0.39, 0.29) is 5.56 Å². The minimum absolute atomic E-state index is 0.0108. The number of quaternary nitrogens is 1. The Morgan fingerprint density at radius 2 is 2.05 bits per heavy atom. The zero-order valence-electron chi connectivity index (χ0n) is 12.4. The smallest absolute Gasteiger partial charge is 0.273 e. The number of nitrogens with two attached hydrogens (primary N) is 1. The average Bonchev–Trinajstić information content (AvgIpc) is 2.52. The Morgan fingerprint density at radius 1 is 1.24 bits per heavy atom. The van der Waals surface area contributed by atoms with Crippen LogP contribution >= 0.6 is 0 Å². The Labute approximate surface area is 124 Å². The largest absolute Gasteiger partial charge is 0.394 e. The topological polar surface area (TPSA) is 61.7 Å². The first-order valence-electron chi connectivity index (χ1n) is 8.14. The Bertz CT molecular complexity index is 592. The van der Waals surface area contributed by atoms with Crippen molar-refractivity contribution in [3.05, 3.63) is 28.2 Å². The number of nitrogens with one attached hydrogen (secondary N) is 1. The van der Waals surface area contributed by atoms with E-state index in [0.717, 1.165) is 32.3 Å². The van der Waals surface area contributed by atoms with Crippen LogP contribution in [-0.2, 0) is 11.3 Å². The predicted octanol–water partition coefficient (Wildman–Crippen LogP) is -0.388. The van der Waals surface area contributed by atoms with Crippen molar-refractivity contribution in [2.75, 3.05) is 32.0 Å². The first-order chi connectivity index (χ1) is 10.2. The summed E-state index contributed by atoms with van der Waals surface area (Å²) in [4.78, 5) is 14.0. The van der Waals surface area contributed by atoms with Crippen molar-refractivity contribution < 1.29 is 9.64 Å². The van der Waals surface area contributed by atoms with Crippen molar-refractivity contribution >= 4 is 5.69 Å². The van der Waals surface area contributed by atoms with Gasteiger partial charge in [-0.2, -0.15) is 0 Å². The van der Waals surface area contributed by atoms with Crippen LogP contribution in [0.15, 0.2) is 16.9 Å². The quantitative estimate of drug-likeness (QED) is 0.741. The van der Waals surface area contributed by atoms with E-state index >= 15 is 0 Å². The van der Waals surface area contributed by atoms with Gasteiger partial charge in [0, 0.05) is 36.9 Å². The summed E-state index contributed by atoms with van der Waals surface area (Å²) in [6, 6.07) is 4.61. The normalized spacial score (nSPS) is 32.7. The molecule has 1 aromatic heterocycles. The number of rotatable bonds is 1. The molecule has 0 saturated carbocycles. The highest BCUT2D eigenvalue weighted by atomic mass is 16.5. The highest BCUT2D eigenvalue weighted by Gasteiger charge is 2.40. The van der Waals surface area contributed by atoms with Gasteiger partial charge in [-0.3, -0.25) is 4.79 Å². The highest BCUT2D eigenvalue weighted by molar-refractivity contribution is 5.37. The van der Waals surface area contributed by atoms with Crippen LogP contribution in [0.25, 0.3) is 0 Å². The number of nitrogen functional groups attached to an aromatic ring is 1. The van der Waals surface area contributed by atoms with Gasteiger partial charge in [0.1, 0.15) is 0 Å². The number of ether oxygens (including phenoxy) is 1. The molecule has 21 heavy (non-hydrogen) atoms. The van der Waals surface area contributed by atoms with Crippen LogP contribution in [0.1, 0.15) is 30.9 Å². The summed E-state index contributed by atoms with van der Waals surface area (Å²) >= 11 is 0. The van der Waals surface area contributed by atoms with E-state index < -0.39 is 0 Å². The Kier molecular flexibility index (Phi) is 3.27. The van der Waals surface area contributed by atoms with E-state index in [1.54, 1.807) is 11.0 Å². The molecule has 3 atom stereocenters. The van der Waals surface area contributed by atoms with Crippen molar-refractivity contribution in [1.82, 2.24) is 4.57 Å². The maximum absolute atomic E-state index is 12.2. The second-order valence-corrected chi connectivity index (χ2v) is 6.88. The minimum Gasteiger partial charge on any atom is -0.394 e. The maximum Gasteiger partial charge on any atom is 0.273 e. The summed E-state index contributed by atoms with van der Waals surface area (Å²) < 4.78 is 7.44. The van der Waals surface area contributed by atoms with Crippen LogP contribution in [-0.4, -0.2) is 36.9 Å². The molecule has 2 saturated heterocycles. The third kappa shape index (κ3) is 2.28. The summed E-state index contributed by atoms with van der Waals surface area (Å²) in [5.74, 6) is 1.14. The second kappa shape index (κ2) is 5.14. The third-order valence-electron chi connectivity index (χ3n) is 5.57. The van der Waals surface area contributed by atoms with Crippen LogP contribution in [0.4, 0.5) is 5.69 Å². The van der Waals surface area contributed by atoms with Gasteiger partial charge in [-0.1, -0.05) is 0 Å². The van der Waals surface area contributed by atoms with Gasteiger partial charge in [0.15, 0.2) is 0 Å². The molecule has 5 nitrogen and oxygen atoms in total. The molecule has 5 heteroatoms. The van der Waals surface area contributed by atoms with Crippen LogP contribution in [0, 0.1) is 5.92 Å². The summed E-state index contributed by atoms with van der Waals surface area (Å²) in [6.45, 7) is 5.03. The monoisotopic (exact) mass is 290 g/mol. The first-order valence-corrected chi connectivity index (χ1v) is 8.14. The maximum atomic E-state index is 12.2. The molecule has 114 valence electrons. The Morgan fingerprint density at radius 3 is 2.86 bits per heavy atom. The van der Waals surface area contributed by atoms with Crippen molar-refractivity contribution in [2.24, 2.45) is 5.92 Å². The lowest BCUT2D eigenvalue weighted by Gasteiger charge is -2.44. The molecule has 0 spiro atoms.